The van der Waals surface area contributed by atoms with E-state index in [1.54, 1.807) is 35.3 Å². The van der Waals surface area contributed by atoms with Crippen LogP contribution in [0.4, 0.5) is 18.9 Å². The fourth-order valence-corrected chi connectivity index (χ4v) is 4.41. The Morgan fingerprint density at radius 3 is 2.76 bits per heavy atom. The van der Waals surface area contributed by atoms with E-state index in [-0.39, 0.29) is 29.7 Å². The standard InChI is InChI=1S/C25H23F3N6O3/c26-17-5-3-15(4-6-17)11-16-12-30-20-21-19(16)31-13-25(27,28)14-34(21)24(37)18(22(20)35)23(36)29-7-1-9-33-10-2-8-32-33/h2-6,8,10,12,31,35H,1,7,9,11,13-14H2,(H,29,36). The highest BCUT2D eigenvalue weighted by Crippen LogP contribution is 2.36. The maximum atomic E-state index is 14.7. The summed E-state index contributed by atoms with van der Waals surface area (Å²) in [7, 11) is 0. The predicted molar refractivity (Wildman–Crippen MR) is 129 cm³/mol. The third-order valence-corrected chi connectivity index (χ3v) is 6.18. The molecule has 192 valence electrons. The number of nitrogens with zero attached hydrogens (tertiary/aromatic N) is 4. The lowest BCUT2D eigenvalue weighted by Gasteiger charge is -2.17. The normalized spacial score (nSPS) is 14.2. The third kappa shape index (κ3) is 4.86. The number of carbonyl (C=O) groups is 1. The van der Waals surface area contributed by atoms with Gasteiger partial charge in [-0.05, 0) is 30.2 Å². The Morgan fingerprint density at radius 2 is 2.03 bits per heavy atom. The highest BCUT2D eigenvalue weighted by Gasteiger charge is 2.37. The molecule has 4 aromatic rings. The molecule has 3 aromatic heterocycles. The Bertz CT molecular complexity index is 1520. The molecule has 0 saturated heterocycles. The maximum absolute atomic E-state index is 14.7. The first kappa shape index (κ1) is 24.3. The Balaban J connectivity index is 1.53. The average Bonchev–Trinajstić information content (AvgIpc) is 3.33. The molecule has 0 radical (unpaired) electrons. The number of rotatable bonds is 7. The summed E-state index contributed by atoms with van der Waals surface area (Å²) in [6, 6.07) is 7.44. The van der Waals surface area contributed by atoms with Crippen molar-refractivity contribution in [3.05, 3.63) is 81.8 Å². The van der Waals surface area contributed by atoms with E-state index >= 15 is 0 Å². The molecule has 0 spiro atoms. The van der Waals surface area contributed by atoms with Crippen LogP contribution in [0.15, 0.2) is 53.7 Å². The van der Waals surface area contributed by atoms with Gasteiger partial charge in [0.05, 0.1) is 24.3 Å². The van der Waals surface area contributed by atoms with Crippen LogP contribution in [0, 0.1) is 5.82 Å². The van der Waals surface area contributed by atoms with Crippen LogP contribution in [0.2, 0.25) is 0 Å². The molecule has 0 atom stereocenters. The van der Waals surface area contributed by atoms with Gasteiger partial charge in [0, 0.05) is 43.7 Å². The zero-order valence-corrected chi connectivity index (χ0v) is 19.5. The second kappa shape index (κ2) is 9.60. The molecule has 1 aromatic carbocycles. The minimum atomic E-state index is -3.32. The lowest BCUT2D eigenvalue weighted by atomic mass is 10.0. The zero-order chi connectivity index (χ0) is 26.2. The summed E-state index contributed by atoms with van der Waals surface area (Å²) in [5, 5.41) is 20.2. The Morgan fingerprint density at radius 1 is 1.24 bits per heavy atom. The summed E-state index contributed by atoms with van der Waals surface area (Å²) in [4.78, 5) is 30.4. The number of pyridine rings is 2. The Hall–Kier alpha value is -4.35. The molecule has 1 aliphatic rings. The molecule has 0 fully saturated rings. The van der Waals surface area contributed by atoms with Gasteiger partial charge in [-0.25, -0.2) is 13.2 Å². The van der Waals surface area contributed by atoms with E-state index in [4.69, 9.17) is 0 Å². The van der Waals surface area contributed by atoms with Gasteiger partial charge >= 0.3 is 0 Å². The van der Waals surface area contributed by atoms with Crippen molar-refractivity contribution in [2.24, 2.45) is 0 Å². The number of hydrogen-bond donors (Lipinski definition) is 3. The first-order chi connectivity index (χ1) is 17.7. The quantitative estimate of drug-likeness (QED) is 0.328. The number of amides is 1. The van der Waals surface area contributed by atoms with Gasteiger partial charge in [-0.15, -0.1) is 0 Å². The number of aromatic hydroxyl groups is 1. The van der Waals surface area contributed by atoms with Gasteiger partial charge in [0.1, 0.15) is 16.9 Å². The molecule has 9 nitrogen and oxygen atoms in total. The number of benzene rings is 1. The van der Waals surface area contributed by atoms with Crippen molar-refractivity contribution in [3.8, 4) is 5.75 Å². The van der Waals surface area contributed by atoms with Crippen LogP contribution in [0.3, 0.4) is 0 Å². The van der Waals surface area contributed by atoms with Gasteiger partial charge in [-0.1, -0.05) is 12.1 Å². The lowest BCUT2D eigenvalue weighted by Crippen LogP contribution is -2.38. The van der Waals surface area contributed by atoms with Crippen molar-refractivity contribution in [1.82, 2.24) is 24.6 Å². The first-order valence-electron chi connectivity index (χ1n) is 11.6. The Kier molecular flexibility index (Phi) is 6.32. The summed E-state index contributed by atoms with van der Waals surface area (Å²) in [6.45, 7) is -1.08. The van der Waals surface area contributed by atoms with Crippen LogP contribution >= 0.6 is 0 Å². The molecule has 0 aliphatic carbocycles. The molecule has 0 bridgehead atoms. The molecule has 1 amide bonds. The summed E-state index contributed by atoms with van der Waals surface area (Å²) in [6.07, 6.45) is 5.48. The smallest absolute Gasteiger partial charge is 0.282 e. The molecule has 12 heteroatoms. The molecule has 0 saturated carbocycles. The van der Waals surface area contributed by atoms with E-state index < -0.39 is 47.6 Å². The first-order valence-corrected chi connectivity index (χ1v) is 11.6. The predicted octanol–water partition coefficient (Wildman–Crippen LogP) is 2.91. The molecule has 37 heavy (non-hydrogen) atoms. The van der Waals surface area contributed by atoms with Gasteiger partial charge in [-0.2, -0.15) is 5.10 Å². The molecular weight excluding hydrogens is 489 g/mol. The maximum Gasteiger partial charge on any atom is 0.282 e. The largest absolute Gasteiger partial charge is 0.505 e. The second-order valence-electron chi connectivity index (χ2n) is 8.86. The van der Waals surface area contributed by atoms with Crippen molar-refractivity contribution in [3.63, 3.8) is 0 Å². The molecule has 1 aliphatic heterocycles. The lowest BCUT2D eigenvalue weighted by molar-refractivity contribution is -0.000937. The van der Waals surface area contributed by atoms with E-state index in [0.29, 0.717) is 24.1 Å². The van der Waals surface area contributed by atoms with E-state index in [9.17, 15) is 27.9 Å². The van der Waals surface area contributed by atoms with Crippen LogP contribution in [0.5, 0.6) is 5.75 Å². The minimum absolute atomic E-state index is 0.0190. The summed E-state index contributed by atoms with van der Waals surface area (Å²) < 4.78 is 45.2. The summed E-state index contributed by atoms with van der Waals surface area (Å²) >= 11 is 0. The van der Waals surface area contributed by atoms with Gasteiger partial charge < -0.3 is 15.7 Å². The number of aromatic nitrogens is 4. The van der Waals surface area contributed by atoms with Crippen LogP contribution in [0.1, 0.15) is 27.9 Å². The molecular formula is C25H23F3N6O3. The van der Waals surface area contributed by atoms with Crippen LogP contribution < -0.4 is 16.2 Å². The molecule has 0 unspecified atom stereocenters. The summed E-state index contributed by atoms with van der Waals surface area (Å²) in [5.74, 6) is -5.30. The number of aryl methyl sites for hydroxylation is 1. The van der Waals surface area contributed by atoms with Crippen molar-refractivity contribution < 1.29 is 23.1 Å². The van der Waals surface area contributed by atoms with Gasteiger partial charge in [-0.3, -0.25) is 23.8 Å². The topological polar surface area (TPSA) is 114 Å². The van der Waals surface area contributed by atoms with Crippen molar-refractivity contribution in [2.75, 3.05) is 18.4 Å². The highest BCUT2D eigenvalue weighted by atomic mass is 19.3. The van der Waals surface area contributed by atoms with E-state index in [2.05, 4.69) is 20.7 Å². The number of anilines is 1. The number of alkyl halides is 2. The van der Waals surface area contributed by atoms with Gasteiger partial charge in [0.15, 0.2) is 5.75 Å². The number of hydrogen-bond acceptors (Lipinski definition) is 6. The number of carbonyl (C=O) groups excluding carboxylic acids is 1. The highest BCUT2D eigenvalue weighted by molar-refractivity contribution is 6.04. The average molecular weight is 512 g/mol. The fourth-order valence-electron chi connectivity index (χ4n) is 4.41. The summed E-state index contributed by atoms with van der Waals surface area (Å²) in [5.41, 5.74) is -0.487. The fraction of sp³-hybridized carbons (Fsp3) is 0.280. The van der Waals surface area contributed by atoms with E-state index in [1.807, 2.05) is 0 Å². The zero-order valence-electron chi connectivity index (χ0n) is 19.5. The van der Waals surface area contributed by atoms with Gasteiger partial charge in [0.2, 0.25) is 0 Å². The Labute approximate surface area is 208 Å². The van der Waals surface area contributed by atoms with Crippen LogP contribution in [-0.4, -0.2) is 49.4 Å². The molecule has 5 rings (SSSR count). The SMILES string of the molecule is O=C(NCCCn1cccn1)c1c(O)c2ncc(Cc3ccc(F)cc3)c3c2n(c1=O)CC(F)(F)CN3. The second-order valence-corrected chi connectivity index (χ2v) is 8.86. The number of halogens is 3. The van der Waals surface area contributed by atoms with Gasteiger partial charge in [0.25, 0.3) is 17.4 Å². The minimum Gasteiger partial charge on any atom is -0.505 e. The van der Waals surface area contributed by atoms with Crippen LogP contribution in [0.25, 0.3) is 11.0 Å². The third-order valence-electron chi connectivity index (χ3n) is 6.18. The van der Waals surface area contributed by atoms with E-state index in [0.717, 1.165) is 4.57 Å². The van der Waals surface area contributed by atoms with Crippen molar-refractivity contribution in [1.29, 1.82) is 0 Å². The van der Waals surface area contributed by atoms with E-state index in [1.165, 1.54) is 18.3 Å². The number of nitrogens with one attached hydrogen (secondary N) is 2. The monoisotopic (exact) mass is 512 g/mol. The molecule has 3 N–H and O–H groups in total. The molecule has 4 heterocycles. The van der Waals surface area contributed by atoms with Crippen molar-refractivity contribution in [2.45, 2.75) is 31.9 Å². The van der Waals surface area contributed by atoms with Crippen molar-refractivity contribution >= 4 is 22.6 Å². The van der Waals surface area contributed by atoms with Crippen LogP contribution in [-0.2, 0) is 19.5 Å².